The molecule has 1 aliphatic heterocycles. The molecular formula is C13H23N5. The zero-order chi connectivity index (χ0) is 13.6. The molecule has 0 aromatic carbocycles. The van der Waals surface area contributed by atoms with E-state index in [0.717, 1.165) is 18.4 Å². The van der Waals surface area contributed by atoms with Gasteiger partial charge in [-0.25, -0.2) is 0 Å². The SMILES string of the molecule is CN1C(C)(C)CC(c2cnnnc2N)CC1(C)C. The highest BCUT2D eigenvalue weighted by molar-refractivity contribution is 5.39. The minimum Gasteiger partial charge on any atom is -0.382 e. The molecule has 0 saturated carbocycles. The summed E-state index contributed by atoms with van der Waals surface area (Å²) in [6, 6.07) is 0. The van der Waals surface area contributed by atoms with E-state index in [1.165, 1.54) is 0 Å². The van der Waals surface area contributed by atoms with Gasteiger partial charge < -0.3 is 5.73 Å². The normalized spacial score (nSPS) is 24.1. The first-order valence-corrected chi connectivity index (χ1v) is 6.42. The Labute approximate surface area is 109 Å². The maximum absolute atomic E-state index is 5.94. The summed E-state index contributed by atoms with van der Waals surface area (Å²) in [7, 11) is 2.20. The molecule has 2 N–H and O–H groups in total. The van der Waals surface area contributed by atoms with E-state index in [1.54, 1.807) is 6.20 Å². The summed E-state index contributed by atoms with van der Waals surface area (Å²) in [5.41, 5.74) is 7.26. The fourth-order valence-electron chi connectivity index (χ4n) is 3.19. The van der Waals surface area contributed by atoms with Gasteiger partial charge in [-0.15, -0.1) is 10.2 Å². The zero-order valence-electron chi connectivity index (χ0n) is 11.9. The molecule has 1 aliphatic rings. The summed E-state index contributed by atoms with van der Waals surface area (Å²) >= 11 is 0. The molecule has 0 atom stereocenters. The van der Waals surface area contributed by atoms with Gasteiger partial charge in [0.15, 0.2) is 5.82 Å². The quantitative estimate of drug-likeness (QED) is 0.822. The van der Waals surface area contributed by atoms with Crippen LogP contribution in [0.2, 0.25) is 0 Å². The van der Waals surface area contributed by atoms with Gasteiger partial charge in [-0.05, 0) is 58.7 Å². The van der Waals surface area contributed by atoms with E-state index >= 15 is 0 Å². The predicted octanol–water partition coefficient (Wildman–Crippen LogP) is 1.82. The van der Waals surface area contributed by atoms with Gasteiger partial charge in [-0.1, -0.05) is 0 Å². The number of likely N-dealkylation sites (tertiary alicyclic amines) is 1. The largest absolute Gasteiger partial charge is 0.382 e. The summed E-state index contributed by atoms with van der Waals surface area (Å²) in [6.45, 7) is 9.11. The first kappa shape index (κ1) is 13.2. The predicted molar refractivity (Wildman–Crippen MR) is 72.1 cm³/mol. The molecule has 0 amide bonds. The highest BCUT2D eigenvalue weighted by Gasteiger charge is 2.43. The molecule has 5 nitrogen and oxygen atoms in total. The number of nitrogen functional groups attached to an aromatic ring is 1. The topological polar surface area (TPSA) is 67.9 Å². The zero-order valence-corrected chi connectivity index (χ0v) is 11.9. The van der Waals surface area contributed by atoms with Crippen molar-refractivity contribution in [2.24, 2.45) is 0 Å². The van der Waals surface area contributed by atoms with E-state index in [1.807, 2.05) is 0 Å². The molecule has 1 fully saturated rings. The van der Waals surface area contributed by atoms with Crippen molar-refractivity contribution in [1.29, 1.82) is 0 Å². The molecule has 0 bridgehead atoms. The Morgan fingerprint density at radius 2 is 1.78 bits per heavy atom. The van der Waals surface area contributed by atoms with Crippen LogP contribution in [0, 0.1) is 0 Å². The van der Waals surface area contributed by atoms with Crippen molar-refractivity contribution in [3.63, 3.8) is 0 Å². The number of nitrogens with two attached hydrogens (primary N) is 1. The maximum Gasteiger partial charge on any atom is 0.152 e. The van der Waals surface area contributed by atoms with Gasteiger partial charge in [0.05, 0.1) is 6.20 Å². The fourth-order valence-corrected chi connectivity index (χ4v) is 3.19. The van der Waals surface area contributed by atoms with Crippen LogP contribution in [0.4, 0.5) is 5.82 Å². The summed E-state index contributed by atoms with van der Waals surface area (Å²) in [4.78, 5) is 2.45. The number of aromatic nitrogens is 3. The van der Waals surface area contributed by atoms with Gasteiger partial charge in [0.2, 0.25) is 0 Å². The average molecular weight is 249 g/mol. The summed E-state index contributed by atoms with van der Waals surface area (Å²) < 4.78 is 0. The summed E-state index contributed by atoms with van der Waals surface area (Å²) in [6.07, 6.45) is 3.89. The highest BCUT2D eigenvalue weighted by atomic mass is 15.3. The van der Waals surface area contributed by atoms with Crippen molar-refractivity contribution in [1.82, 2.24) is 20.3 Å². The van der Waals surface area contributed by atoms with Crippen LogP contribution in [0.25, 0.3) is 0 Å². The molecule has 18 heavy (non-hydrogen) atoms. The minimum atomic E-state index is 0.141. The van der Waals surface area contributed by atoms with E-state index in [9.17, 15) is 0 Å². The molecule has 0 spiro atoms. The van der Waals surface area contributed by atoms with Gasteiger partial charge in [0.25, 0.3) is 0 Å². The Hall–Kier alpha value is -1.23. The number of piperidine rings is 1. The van der Waals surface area contributed by atoms with Crippen molar-refractivity contribution in [3.8, 4) is 0 Å². The molecule has 5 heteroatoms. The molecular weight excluding hydrogens is 226 g/mol. The number of hydrogen-bond acceptors (Lipinski definition) is 5. The Balaban J connectivity index is 2.35. The minimum absolute atomic E-state index is 0.141. The van der Waals surface area contributed by atoms with E-state index < -0.39 is 0 Å². The van der Waals surface area contributed by atoms with Crippen LogP contribution in [0.1, 0.15) is 52.0 Å². The van der Waals surface area contributed by atoms with E-state index in [0.29, 0.717) is 11.7 Å². The van der Waals surface area contributed by atoms with E-state index in [2.05, 4.69) is 55.1 Å². The Morgan fingerprint density at radius 1 is 1.22 bits per heavy atom. The summed E-state index contributed by atoms with van der Waals surface area (Å²) in [5, 5.41) is 11.3. The number of nitrogens with zero attached hydrogens (tertiary/aromatic N) is 4. The lowest BCUT2D eigenvalue weighted by atomic mass is 9.72. The van der Waals surface area contributed by atoms with Crippen LogP contribution in [-0.2, 0) is 0 Å². The second-order valence-electron chi connectivity index (χ2n) is 6.56. The fraction of sp³-hybridized carbons (Fsp3) is 0.769. The van der Waals surface area contributed by atoms with Gasteiger partial charge >= 0.3 is 0 Å². The van der Waals surface area contributed by atoms with Crippen molar-refractivity contribution in [2.45, 2.75) is 57.5 Å². The molecule has 100 valence electrons. The van der Waals surface area contributed by atoms with Crippen LogP contribution in [0.5, 0.6) is 0 Å². The average Bonchev–Trinajstić information content (AvgIpc) is 2.25. The van der Waals surface area contributed by atoms with Crippen LogP contribution >= 0.6 is 0 Å². The van der Waals surface area contributed by atoms with Crippen LogP contribution in [0.3, 0.4) is 0 Å². The molecule has 1 saturated heterocycles. The van der Waals surface area contributed by atoms with Gasteiger partial charge in [-0.2, -0.15) is 0 Å². The number of hydrogen-bond donors (Lipinski definition) is 1. The molecule has 2 rings (SSSR count). The number of anilines is 1. The standard InChI is InChI=1S/C13H23N5/c1-12(2)6-9(7-13(3,4)18(12)5)10-8-15-17-16-11(10)14/h8-9H,6-7H2,1-5H3,(H2,14,15,16). The number of rotatable bonds is 1. The van der Waals surface area contributed by atoms with Crippen LogP contribution in [-0.4, -0.2) is 38.4 Å². The highest BCUT2D eigenvalue weighted by Crippen LogP contribution is 2.45. The van der Waals surface area contributed by atoms with Crippen LogP contribution < -0.4 is 5.73 Å². The van der Waals surface area contributed by atoms with Crippen molar-refractivity contribution in [3.05, 3.63) is 11.8 Å². The second kappa shape index (κ2) is 4.16. The lowest BCUT2D eigenvalue weighted by Crippen LogP contribution is -2.58. The molecule has 1 aromatic rings. The van der Waals surface area contributed by atoms with Crippen molar-refractivity contribution >= 4 is 5.82 Å². The van der Waals surface area contributed by atoms with Gasteiger partial charge in [-0.3, -0.25) is 4.90 Å². The third kappa shape index (κ3) is 2.19. The Bertz CT molecular complexity index is 423. The Morgan fingerprint density at radius 3 is 2.28 bits per heavy atom. The van der Waals surface area contributed by atoms with Crippen molar-refractivity contribution in [2.75, 3.05) is 12.8 Å². The molecule has 0 unspecified atom stereocenters. The lowest BCUT2D eigenvalue weighted by molar-refractivity contribution is -0.0128. The van der Waals surface area contributed by atoms with Crippen molar-refractivity contribution < 1.29 is 0 Å². The van der Waals surface area contributed by atoms with E-state index in [4.69, 9.17) is 5.73 Å². The third-order valence-electron chi connectivity index (χ3n) is 4.44. The van der Waals surface area contributed by atoms with Gasteiger partial charge in [0, 0.05) is 16.6 Å². The monoisotopic (exact) mass is 249 g/mol. The van der Waals surface area contributed by atoms with E-state index in [-0.39, 0.29) is 11.1 Å². The molecule has 0 aliphatic carbocycles. The second-order valence-corrected chi connectivity index (χ2v) is 6.56. The first-order valence-electron chi connectivity index (χ1n) is 6.42. The molecule has 2 heterocycles. The van der Waals surface area contributed by atoms with Crippen LogP contribution in [0.15, 0.2) is 6.20 Å². The third-order valence-corrected chi connectivity index (χ3v) is 4.44. The summed E-state index contributed by atoms with van der Waals surface area (Å²) in [5.74, 6) is 0.917. The molecule has 1 aromatic heterocycles. The van der Waals surface area contributed by atoms with Gasteiger partial charge in [0.1, 0.15) is 0 Å². The Kier molecular flexibility index (Phi) is 3.05. The molecule has 0 radical (unpaired) electrons. The first-order chi connectivity index (χ1) is 8.24. The smallest absolute Gasteiger partial charge is 0.152 e. The lowest BCUT2D eigenvalue weighted by Gasteiger charge is -2.53. The maximum atomic E-state index is 5.94.